The summed E-state index contributed by atoms with van der Waals surface area (Å²) in [4.78, 5) is 0. The minimum Gasteiger partial charge on any atom is -0.309 e. The molecule has 0 rings (SSSR count). The Kier molecular flexibility index (Phi) is 7.55. The van der Waals surface area contributed by atoms with Gasteiger partial charge in [0, 0.05) is 11.6 Å². The molecule has 0 atom stereocenters. The van der Waals surface area contributed by atoms with E-state index in [1.807, 2.05) is 0 Å². The summed E-state index contributed by atoms with van der Waals surface area (Å²) in [5.41, 5.74) is 0.526. The molecule has 14 heavy (non-hydrogen) atoms. The van der Waals surface area contributed by atoms with Crippen LogP contribution in [0.25, 0.3) is 0 Å². The van der Waals surface area contributed by atoms with Crippen LogP contribution in [-0.2, 0) is 0 Å². The molecular weight excluding hydrogens is 170 g/mol. The Balaban J connectivity index is 0. The van der Waals surface area contributed by atoms with E-state index in [0.29, 0.717) is 11.5 Å². The van der Waals surface area contributed by atoms with Crippen LogP contribution in [0, 0.1) is 5.41 Å². The predicted molar refractivity (Wildman–Crippen MR) is 67.8 cm³/mol. The summed E-state index contributed by atoms with van der Waals surface area (Å²) in [6.07, 6.45) is 1.25. The lowest BCUT2D eigenvalue weighted by Crippen LogP contribution is -2.52. The van der Waals surface area contributed by atoms with E-state index in [0.717, 1.165) is 0 Å². The summed E-state index contributed by atoms with van der Waals surface area (Å²) in [5, 5.41) is 3.56. The molecule has 0 saturated heterocycles. The van der Waals surface area contributed by atoms with E-state index in [1.165, 1.54) is 6.42 Å². The van der Waals surface area contributed by atoms with Crippen molar-refractivity contribution >= 4 is 0 Å². The van der Waals surface area contributed by atoms with Crippen molar-refractivity contribution in [2.45, 2.75) is 80.3 Å². The van der Waals surface area contributed by atoms with Crippen molar-refractivity contribution in [2.24, 2.45) is 5.41 Å². The first-order valence-corrected chi connectivity index (χ1v) is 5.86. The zero-order valence-corrected chi connectivity index (χ0v) is 11.8. The van der Waals surface area contributed by atoms with Gasteiger partial charge in [0.2, 0.25) is 0 Å². The third-order valence-electron chi connectivity index (χ3n) is 2.52. The fourth-order valence-electron chi connectivity index (χ4n) is 0.938. The standard InChI is InChI=1S/C10H23N.C3H8/c1-8(2)11-10(6,7)9(3,4)5;1-3-2/h8,11H,1-7H3;3H2,1-2H3. The first kappa shape index (κ1) is 16.4. The fourth-order valence-corrected chi connectivity index (χ4v) is 0.938. The van der Waals surface area contributed by atoms with Gasteiger partial charge in [-0.05, 0) is 19.3 Å². The molecule has 0 aliphatic carbocycles. The molecule has 0 aliphatic heterocycles. The molecule has 0 heterocycles. The van der Waals surface area contributed by atoms with E-state index in [1.54, 1.807) is 0 Å². The molecule has 0 unspecified atom stereocenters. The Morgan fingerprint density at radius 3 is 1.29 bits per heavy atom. The van der Waals surface area contributed by atoms with E-state index in [4.69, 9.17) is 0 Å². The van der Waals surface area contributed by atoms with Crippen LogP contribution in [0.5, 0.6) is 0 Å². The molecule has 0 amide bonds. The Labute approximate surface area is 91.7 Å². The van der Waals surface area contributed by atoms with Crippen LogP contribution in [-0.4, -0.2) is 11.6 Å². The van der Waals surface area contributed by atoms with Crippen LogP contribution in [0.2, 0.25) is 0 Å². The van der Waals surface area contributed by atoms with Crippen molar-refractivity contribution in [2.75, 3.05) is 0 Å². The number of nitrogens with one attached hydrogen (secondary N) is 1. The van der Waals surface area contributed by atoms with Crippen LogP contribution < -0.4 is 5.32 Å². The van der Waals surface area contributed by atoms with Crippen molar-refractivity contribution in [3.8, 4) is 0 Å². The Morgan fingerprint density at radius 2 is 1.21 bits per heavy atom. The maximum Gasteiger partial charge on any atom is 0.0175 e. The highest BCUT2D eigenvalue weighted by molar-refractivity contribution is 4.90. The Bertz CT molecular complexity index is 129. The van der Waals surface area contributed by atoms with Gasteiger partial charge in [0.25, 0.3) is 0 Å². The van der Waals surface area contributed by atoms with Gasteiger partial charge in [0.05, 0.1) is 0 Å². The first-order valence-electron chi connectivity index (χ1n) is 5.86. The SMILES string of the molecule is CC(C)NC(C)(C)C(C)(C)C.CCC. The van der Waals surface area contributed by atoms with E-state index in [2.05, 4.69) is 67.6 Å². The molecule has 0 aromatic heterocycles. The normalized spacial score (nSPS) is 12.4. The van der Waals surface area contributed by atoms with E-state index >= 15 is 0 Å². The molecule has 0 spiro atoms. The summed E-state index contributed by atoms with van der Waals surface area (Å²) in [6, 6.07) is 0.559. The van der Waals surface area contributed by atoms with Crippen LogP contribution in [0.1, 0.15) is 68.7 Å². The third-order valence-corrected chi connectivity index (χ3v) is 2.52. The number of hydrogen-bond acceptors (Lipinski definition) is 1. The maximum atomic E-state index is 3.56. The second-order valence-corrected chi connectivity index (χ2v) is 5.88. The summed E-state index contributed by atoms with van der Waals surface area (Å²) in [7, 11) is 0. The number of hydrogen-bond donors (Lipinski definition) is 1. The van der Waals surface area contributed by atoms with Crippen molar-refractivity contribution < 1.29 is 0 Å². The minimum absolute atomic E-state index is 0.209. The van der Waals surface area contributed by atoms with Gasteiger partial charge in [-0.15, -0.1) is 0 Å². The van der Waals surface area contributed by atoms with Gasteiger partial charge in [0.15, 0.2) is 0 Å². The van der Waals surface area contributed by atoms with E-state index < -0.39 is 0 Å². The summed E-state index contributed by atoms with van der Waals surface area (Å²) < 4.78 is 0. The van der Waals surface area contributed by atoms with Crippen molar-refractivity contribution in [1.82, 2.24) is 5.32 Å². The maximum absolute atomic E-state index is 3.56. The van der Waals surface area contributed by atoms with Gasteiger partial charge in [-0.25, -0.2) is 0 Å². The van der Waals surface area contributed by atoms with Crippen LogP contribution in [0.4, 0.5) is 0 Å². The fraction of sp³-hybridized carbons (Fsp3) is 1.00. The summed E-state index contributed by atoms with van der Waals surface area (Å²) in [5.74, 6) is 0. The van der Waals surface area contributed by atoms with Crippen LogP contribution in [0.3, 0.4) is 0 Å². The topological polar surface area (TPSA) is 12.0 Å². The lowest BCUT2D eigenvalue weighted by Gasteiger charge is -2.41. The molecule has 0 fully saturated rings. The van der Waals surface area contributed by atoms with Gasteiger partial charge in [0.1, 0.15) is 0 Å². The molecule has 88 valence electrons. The highest BCUT2D eigenvalue weighted by Crippen LogP contribution is 2.29. The Morgan fingerprint density at radius 1 is 0.929 bits per heavy atom. The summed E-state index contributed by atoms with van der Waals surface area (Å²) >= 11 is 0. The van der Waals surface area contributed by atoms with E-state index in [9.17, 15) is 0 Å². The van der Waals surface area contributed by atoms with Gasteiger partial charge < -0.3 is 5.32 Å². The summed E-state index contributed by atoms with van der Waals surface area (Å²) in [6.45, 7) is 19.9. The molecule has 1 N–H and O–H groups in total. The quantitative estimate of drug-likeness (QED) is 0.705. The van der Waals surface area contributed by atoms with Gasteiger partial charge in [-0.1, -0.05) is 54.9 Å². The van der Waals surface area contributed by atoms with Crippen LogP contribution >= 0.6 is 0 Å². The van der Waals surface area contributed by atoms with Crippen molar-refractivity contribution in [3.63, 3.8) is 0 Å². The molecule has 0 aromatic rings. The molecule has 0 radical (unpaired) electrons. The van der Waals surface area contributed by atoms with E-state index in [-0.39, 0.29) is 5.54 Å². The van der Waals surface area contributed by atoms with Gasteiger partial charge in [-0.2, -0.15) is 0 Å². The highest BCUT2D eigenvalue weighted by Gasteiger charge is 2.32. The zero-order valence-electron chi connectivity index (χ0n) is 11.8. The Hall–Kier alpha value is -0.0400. The second-order valence-electron chi connectivity index (χ2n) is 5.88. The molecule has 1 heteroatoms. The predicted octanol–water partition coefficient (Wildman–Crippen LogP) is 4.23. The van der Waals surface area contributed by atoms with Gasteiger partial charge >= 0.3 is 0 Å². The lowest BCUT2D eigenvalue weighted by atomic mass is 9.76. The van der Waals surface area contributed by atoms with Gasteiger partial charge in [-0.3, -0.25) is 0 Å². The second kappa shape index (κ2) is 6.44. The largest absolute Gasteiger partial charge is 0.309 e. The number of rotatable bonds is 2. The monoisotopic (exact) mass is 201 g/mol. The molecule has 1 nitrogen and oxygen atoms in total. The smallest absolute Gasteiger partial charge is 0.0175 e. The zero-order chi connectivity index (χ0) is 12.0. The minimum atomic E-state index is 0.209. The lowest BCUT2D eigenvalue weighted by molar-refractivity contribution is 0.164. The highest BCUT2D eigenvalue weighted by atomic mass is 15.0. The van der Waals surface area contributed by atoms with Crippen molar-refractivity contribution in [1.29, 1.82) is 0 Å². The molecule has 0 aromatic carbocycles. The molecule has 0 bridgehead atoms. The molecular formula is C13H31N. The van der Waals surface area contributed by atoms with Crippen LogP contribution in [0.15, 0.2) is 0 Å². The third kappa shape index (κ3) is 7.37. The average Bonchev–Trinajstić information content (AvgIpc) is 1.82. The average molecular weight is 201 g/mol. The first-order chi connectivity index (χ1) is 6.08. The molecule has 0 aliphatic rings. The molecule has 0 saturated carbocycles. The van der Waals surface area contributed by atoms with Crippen molar-refractivity contribution in [3.05, 3.63) is 0 Å².